The maximum atomic E-state index is 12.6. The smallest absolute Gasteiger partial charge is 0.255 e. The van der Waals surface area contributed by atoms with Gasteiger partial charge in [0.1, 0.15) is 12.4 Å². The van der Waals surface area contributed by atoms with Crippen LogP contribution in [-0.2, 0) is 13.0 Å². The second kappa shape index (κ2) is 8.61. The Morgan fingerprint density at radius 2 is 1.96 bits per heavy atom. The van der Waals surface area contributed by atoms with Gasteiger partial charge in [-0.3, -0.25) is 4.79 Å². The van der Waals surface area contributed by atoms with E-state index in [0.29, 0.717) is 23.7 Å². The molecule has 0 spiro atoms. The molecule has 3 rings (SSSR count). The lowest BCUT2D eigenvalue weighted by molar-refractivity contribution is 0.102. The van der Waals surface area contributed by atoms with E-state index in [1.165, 1.54) is 5.56 Å². The van der Waals surface area contributed by atoms with Crippen LogP contribution in [0.2, 0.25) is 0 Å². The Labute approximate surface area is 164 Å². The van der Waals surface area contributed by atoms with E-state index in [2.05, 4.69) is 17.4 Å². The van der Waals surface area contributed by atoms with Crippen LogP contribution in [0, 0.1) is 13.8 Å². The van der Waals surface area contributed by atoms with Crippen LogP contribution in [0.25, 0.3) is 0 Å². The number of aryl methyl sites for hydroxylation is 3. The van der Waals surface area contributed by atoms with E-state index in [1.807, 2.05) is 38.1 Å². The third-order valence-electron chi connectivity index (χ3n) is 4.57. The third kappa shape index (κ3) is 4.34. The molecule has 0 radical (unpaired) electrons. The van der Waals surface area contributed by atoms with Crippen molar-refractivity contribution in [3.63, 3.8) is 0 Å². The van der Waals surface area contributed by atoms with Gasteiger partial charge in [0.2, 0.25) is 0 Å². The van der Waals surface area contributed by atoms with E-state index in [0.717, 1.165) is 29.1 Å². The highest BCUT2D eigenvalue weighted by molar-refractivity contribution is 6.04. The number of hydrogen-bond acceptors (Lipinski definition) is 5. The van der Waals surface area contributed by atoms with Crippen molar-refractivity contribution >= 4 is 11.6 Å². The predicted molar refractivity (Wildman–Crippen MR) is 107 cm³/mol. The van der Waals surface area contributed by atoms with Gasteiger partial charge < -0.3 is 19.3 Å². The van der Waals surface area contributed by atoms with E-state index in [1.54, 1.807) is 25.3 Å². The zero-order chi connectivity index (χ0) is 20.1. The largest absolute Gasteiger partial charge is 0.493 e. The minimum absolute atomic E-state index is 0.205. The van der Waals surface area contributed by atoms with Crippen LogP contribution < -0.4 is 14.8 Å². The molecular weight excluding hydrogens is 356 g/mol. The van der Waals surface area contributed by atoms with Crippen molar-refractivity contribution in [2.45, 2.75) is 33.8 Å². The number of carbonyl (C=O) groups is 1. The summed E-state index contributed by atoms with van der Waals surface area (Å²) in [5.41, 5.74) is 4.12. The molecule has 3 aromatic rings. The number of nitrogens with zero attached hydrogens (tertiary/aromatic N) is 1. The summed E-state index contributed by atoms with van der Waals surface area (Å²) in [6, 6.07) is 12.9. The van der Waals surface area contributed by atoms with Gasteiger partial charge in [-0.25, -0.2) is 0 Å². The molecule has 0 atom stereocenters. The van der Waals surface area contributed by atoms with Crippen LogP contribution in [0.1, 0.15) is 39.9 Å². The first-order chi connectivity index (χ1) is 13.5. The first-order valence-electron chi connectivity index (χ1n) is 9.14. The molecule has 1 N–H and O–H groups in total. The summed E-state index contributed by atoms with van der Waals surface area (Å²) >= 11 is 0. The number of rotatable bonds is 7. The number of hydrogen-bond donors (Lipinski definition) is 1. The van der Waals surface area contributed by atoms with Gasteiger partial charge in [-0.1, -0.05) is 24.2 Å². The topological polar surface area (TPSA) is 73.6 Å². The van der Waals surface area contributed by atoms with Crippen molar-refractivity contribution in [2.75, 3.05) is 12.4 Å². The summed E-state index contributed by atoms with van der Waals surface area (Å²) in [6.07, 6.45) is 0.911. The predicted octanol–water partition coefficient (Wildman–Crippen LogP) is 4.69. The fourth-order valence-electron chi connectivity index (χ4n) is 2.86. The second-order valence-corrected chi connectivity index (χ2v) is 6.47. The molecule has 6 nitrogen and oxygen atoms in total. The molecule has 0 saturated carbocycles. The molecule has 0 aliphatic carbocycles. The van der Waals surface area contributed by atoms with Crippen LogP contribution in [0.4, 0.5) is 5.69 Å². The van der Waals surface area contributed by atoms with Gasteiger partial charge in [0, 0.05) is 11.3 Å². The molecule has 0 unspecified atom stereocenters. The summed E-state index contributed by atoms with van der Waals surface area (Å²) in [6.45, 7) is 6.10. The molecule has 0 bridgehead atoms. The molecule has 146 valence electrons. The zero-order valence-electron chi connectivity index (χ0n) is 16.5. The Kier molecular flexibility index (Phi) is 5.99. The Morgan fingerprint density at radius 1 is 1.14 bits per heavy atom. The van der Waals surface area contributed by atoms with Crippen molar-refractivity contribution in [1.29, 1.82) is 0 Å². The molecule has 2 aromatic carbocycles. The number of ether oxygens (including phenoxy) is 2. The molecule has 0 fully saturated rings. The van der Waals surface area contributed by atoms with Crippen LogP contribution >= 0.6 is 0 Å². The number of benzene rings is 2. The van der Waals surface area contributed by atoms with Crippen LogP contribution in [0.5, 0.6) is 11.5 Å². The van der Waals surface area contributed by atoms with E-state index >= 15 is 0 Å². The van der Waals surface area contributed by atoms with Gasteiger partial charge in [-0.2, -0.15) is 0 Å². The fraction of sp³-hybridized carbons (Fsp3) is 0.273. The highest BCUT2D eigenvalue weighted by Gasteiger charge is 2.14. The summed E-state index contributed by atoms with van der Waals surface area (Å²) < 4.78 is 16.4. The van der Waals surface area contributed by atoms with Crippen molar-refractivity contribution in [2.24, 2.45) is 0 Å². The Balaban J connectivity index is 1.73. The summed E-state index contributed by atoms with van der Waals surface area (Å²) in [7, 11) is 1.55. The van der Waals surface area contributed by atoms with E-state index in [-0.39, 0.29) is 5.91 Å². The SMILES string of the molecule is CCc1cccc(NC(=O)c2ccc(OCc3c(C)noc3C)c(OC)c2)c1. The monoisotopic (exact) mass is 380 g/mol. The van der Waals surface area contributed by atoms with E-state index in [9.17, 15) is 4.79 Å². The number of aromatic nitrogens is 1. The van der Waals surface area contributed by atoms with Crippen molar-refractivity contribution in [3.05, 3.63) is 70.6 Å². The number of carbonyl (C=O) groups excluding carboxylic acids is 1. The highest BCUT2D eigenvalue weighted by atomic mass is 16.5. The van der Waals surface area contributed by atoms with Crippen molar-refractivity contribution in [3.8, 4) is 11.5 Å². The fourth-order valence-corrected chi connectivity index (χ4v) is 2.86. The van der Waals surface area contributed by atoms with Gasteiger partial charge in [-0.15, -0.1) is 0 Å². The third-order valence-corrected chi connectivity index (χ3v) is 4.57. The Hall–Kier alpha value is -3.28. The van der Waals surface area contributed by atoms with Gasteiger partial charge in [-0.05, 0) is 56.2 Å². The molecule has 0 saturated heterocycles. The number of methoxy groups -OCH3 is 1. The van der Waals surface area contributed by atoms with Gasteiger partial charge in [0.25, 0.3) is 5.91 Å². The summed E-state index contributed by atoms with van der Waals surface area (Å²) in [4.78, 5) is 12.6. The molecule has 0 aliphatic rings. The lowest BCUT2D eigenvalue weighted by Gasteiger charge is -2.12. The summed E-state index contributed by atoms with van der Waals surface area (Å²) in [5, 5.41) is 6.84. The first kappa shape index (κ1) is 19.5. The van der Waals surface area contributed by atoms with E-state index in [4.69, 9.17) is 14.0 Å². The molecule has 6 heteroatoms. The number of amides is 1. The normalized spacial score (nSPS) is 10.6. The maximum absolute atomic E-state index is 12.6. The number of anilines is 1. The molecule has 1 aromatic heterocycles. The van der Waals surface area contributed by atoms with E-state index < -0.39 is 0 Å². The molecular formula is C22H24N2O4. The van der Waals surface area contributed by atoms with Crippen LogP contribution in [-0.4, -0.2) is 18.2 Å². The standard InChI is InChI=1S/C22H24N2O4/c1-5-16-7-6-8-18(11-16)23-22(25)17-9-10-20(21(12-17)26-4)27-13-19-14(2)24-28-15(19)3/h6-12H,5,13H2,1-4H3,(H,23,25). The van der Waals surface area contributed by atoms with Gasteiger partial charge in [0.05, 0.1) is 18.4 Å². The number of nitrogens with one attached hydrogen (secondary N) is 1. The maximum Gasteiger partial charge on any atom is 0.255 e. The zero-order valence-corrected chi connectivity index (χ0v) is 16.5. The Bertz CT molecular complexity index is 959. The van der Waals surface area contributed by atoms with Gasteiger partial charge >= 0.3 is 0 Å². The minimum Gasteiger partial charge on any atom is -0.493 e. The van der Waals surface area contributed by atoms with Crippen molar-refractivity contribution in [1.82, 2.24) is 5.16 Å². The van der Waals surface area contributed by atoms with Crippen molar-refractivity contribution < 1.29 is 18.8 Å². The van der Waals surface area contributed by atoms with Crippen LogP contribution in [0.3, 0.4) is 0 Å². The molecule has 1 amide bonds. The average Bonchev–Trinajstić information content (AvgIpc) is 3.03. The summed E-state index contributed by atoms with van der Waals surface area (Å²) in [5.74, 6) is 1.55. The minimum atomic E-state index is -0.205. The lowest BCUT2D eigenvalue weighted by atomic mass is 10.1. The van der Waals surface area contributed by atoms with Gasteiger partial charge in [0.15, 0.2) is 11.5 Å². The quantitative estimate of drug-likeness (QED) is 0.643. The average molecular weight is 380 g/mol. The first-order valence-corrected chi connectivity index (χ1v) is 9.14. The highest BCUT2D eigenvalue weighted by Crippen LogP contribution is 2.30. The second-order valence-electron chi connectivity index (χ2n) is 6.47. The molecule has 28 heavy (non-hydrogen) atoms. The molecule has 0 aliphatic heterocycles. The molecule has 1 heterocycles. The lowest BCUT2D eigenvalue weighted by Crippen LogP contribution is -2.12. The Morgan fingerprint density at radius 3 is 2.64 bits per heavy atom. The van der Waals surface area contributed by atoms with Crippen LogP contribution in [0.15, 0.2) is 47.0 Å².